The Bertz CT molecular complexity index is 144. The summed E-state index contributed by atoms with van der Waals surface area (Å²) in [5.74, 6) is 0.721. The van der Waals surface area contributed by atoms with Crippen LogP contribution in [0.4, 0.5) is 0 Å². The third-order valence-electron chi connectivity index (χ3n) is 3.00. The van der Waals surface area contributed by atoms with Gasteiger partial charge in [0.2, 0.25) is 0 Å². The Labute approximate surface area is 104 Å². The Kier molecular flexibility index (Phi) is 12.6. The van der Waals surface area contributed by atoms with Gasteiger partial charge in [-0.1, -0.05) is 84.3 Å². The Morgan fingerprint density at radius 3 is 1.75 bits per heavy atom. The number of allylic oxidation sites excluding steroid dienone is 2. The predicted molar refractivity (Wildman–Crippen MR) is 75.8 cm³/mol. The van der Waals surface area contributed by atoms with Gasteiger partial charge in [0.25, 0.3) is 0 Å². The number of hydrogen-bond donors (Lipinski definition) is 0. The van der Waals surface area contributed by atoms with E-state index in [9.17, 15) is 0 Å². The normalized spacial score (nSPS) is 11.8. The summed E-state index contributed by atoms with van der Waals surface area (Å²) >= 11 is 0. The van der Waals surface area contributed by atoms with E-state index in [-0.39, 0.29) is 0 Å². The molecule has 0 amide bonds. The van der Waals surface area contributed by atoms with Crippen LogP contribution in [0.5, 0.6) is 0 Å². The fourth-order valence-electron chi connectivity index (χ4n) is 1.94. The lowest BCUT2D eigenvalue weighted by molar-refractivity contribution is 0.566. The van der Waals surface area contributed by atoms with Crippen LogP contribution in [0.15, 0.2) is 12.2 Å². The van der Waals surface area contributed by atoms with Gasteiger partial charge in [0.15, 0.2) is 0 Å². The number of unbranched alkanes of at least 4 members (excludes halogenated alkanes) is 9. The molecule has 0 N–H and O–H groups in total. The summed E-state index contributed by atoms with van der Waals surface area (Å²) in [5, 5.41) is 0. The van der Waals surface area contributed by atoms with Crippen molar-refractivity contribution < 1.29 is 0 Å². The van der Waals surface area contributed by atoms with Crippen LogP contribution in [0.2, 0.25) is 0 Å². The van der Waals surface area contributed by atoms with Crippen LogP contribution >= 0.6 is 0 Å². The van der Waals surface area contributed by atoms with E-state index in [2.05, 4.69) is 32.9 Å². The average molecular weight is 224 g/mol. The molecule has 0 nitrogen and oxygen atoms in total. The highest BCUT2D eigenvalue weighted by Gasteiger charge is 1.91. The van der Waals surface area contributed by atoms with Crippen LogP contribution in [0.1, 0.15) is 85.0 Å². The predicted octanol–water partition coefficient (Wildman–Crippen LogP) is 6.12. The lowest BCUT2D eigenvalue weighted by atomic mass is 10.1. The van der Waals surface area contributed by atoms with Crippen molar-refractivity contribution in [2.45, 2.75) is 85.0 Å². The molecule has 0 saturated heterocycles. The van der Waals surface area contributed by atoms with Crippen LogP contribution in [-0.2, 0) is 0 Å². The zero-order chi connectivity index (χ0) is 12.1. The molecule has 16 heavy (non-hydrogen) atoms. The first-order valence-corrected chi connectivity index (χ1v) is 7.44. The first-order chi connectivity index (χ1) is 7.77. The molecule has 0 aliphatic rings. The summed E-state index contributed by atoms with van der Waals surface area (Å²) in [5.41, 5.74) is 0. The van der Waals surface area contributed by atoms with Gasteiger partial charge in [0.1, 0.15) is 0 Å². The Morgan fingerprint density at radius 1 is 0.750 bits per heavy atom. The molecule has 0 fully saturated rings. The minimum absolute atomic E-state index is 0.721. The number of hydrogen-bond acceptors (Lipinski definition) is 0. The molecular weight excluding hydrogens is 192 g/mol. The lowest BCUT2D eigenvalue weighted by Gasteiger charge is -2.00. The van der Waals surface area contributed by atoms with Crippen molar-refractivity contribution in [3.05, 3.63) is 12.2 Å². The van der Waals surface area contributed by atoms with E-state index < -0.39 is 0 Å². The first kappa shape index (κ1) is 15.7. The van der Waals surface area contributed by atoms with E-state index in [0.29, 0.717) is 0 Å². The summed E-state index contributed by atoms with van der Waals surface area (Å²) < 4.78 is 0. The molecular formula is C16H32. The van der Waals surface area contributed by atoms with Gasteiger partial charge in [-0.2, -0.15) is 0 Å². The largest absolute Gasteiger partial charge is 0.0883 e. The minimum atomic E-state index is 0.721. The average Bonchev–Trinajstić information content (AvgIpc) is 2.25. The van der Waals surface area contributed by atoms with Crippen molar-refractivity contribution >= 4 is 0 Å². The van der Waals surface area contributed by atoms with E-state index in [1.54, 1.807) is 0 Å². The minimum Gasteiger partial charge on any atom is -0.0883 e. The van der Waals surface area contributed by atoms with E-state index in [0.717, 1.165) is 5.92 Å². The van der Waals surface area contributed by atoms with E-state index in [4.69, 9.17) is 0 Å². The van der Waals surface area contributed by atoms with Crippen LogP contribution in [0.3, 0.4) is 0 Å². The Morgan fingerprint density at radius 2 is 1.25 bits per heavy atom. The quantitative estimate of drug-likeness (QED) is 0.293. The highest BCUT2D eigenvalue weighted by atomic mass is 14.0. The number of rotatable bonds is 11. The van der Waals surface area contributed by atoms with Crippen molar-refractivity contribution in [2.24, 2.45) is 5.92 Å². The summed E-state index contributed by atoms with van der Waals surface area (Å²) in [7, 11) is 0. The summed E-state index contributed by atoms with van der Waals surface area (Å²) in [4.78, 5) is 0. The maximum Gasteiger partial charge on any atom is -0.0290 e. The van der Waals surface area contributed by atoms with E-state index in [1.165, 1.54) is 64.2 Å². The molecule has 96 valence electrons. The molecule has 0 rings (SSSR count). The van der Waals surface area contributed by atoms with Crippen LogP contribution in [-0.4, -0.2) is 0 Å². The highest BCUT2D eigenvalue weighted by Crippen LogP contribution is 2.10. The van der Waals surface area contributed by atoms with Gasteiger partial charge in [0.05, 0.1) is 0 Å². The van der Waals surface area contributed by atoms with Crippen molar-refractivity contribution in [3.8, 4) is 0 Å². The maximum atomic E-state index is 2.35. The third kappa shape index (κ3) is 13.7. The molecule has 0 aliphatic heterocycles. The van der Waals surface area contributed by atoms with Crippen molar-refractivity contribution in [2.75, 3.05) is 0 Å². The van der Waals surface area contributed by atoms with Crippen LogP contribution < -0.4 is 0 Å². The molecule has 0 heterocycles. The van der Waals surface area contributed by atoms with Crippen LogP contribution in [0, 0.1) is 5.92 Å². The van der Waals surface area contributed by atoms with Gasteiger partial charge < -0.3 is 0 Å². The molecule has 0 radical (unpaired) electrons. The fourth-order valence-corrected chi connectivity index (χ4v) is 1.94. The van der Waals surface area contributed by atoms with Gasteiger partial charge in [-0.3, -0.25) is 0 Å². The van der Waals surface area contributed by atoms with E-state index >= 15 is 0 Å². The fraction of sp³-hybridized carbons (Fsp3) is 0.875. The second kappa shape index (κ2) is 12.8. The first-order valence-electron chi connectivity index (χ1n) is 7.44. The summed E-state index contributed by atoms with van der Waals surface area (Å²) in [6.45, 7) is 6.77. The van der Waals surface area contributed by atoms with Gasteiger partial charge in [-0.25, -0.2) is 0 Å². The van der Waals surface area contributed by atoms with Crippen LogP contribution in [0.25, 0.3) is 0 Å². The molecule has 0 heteroatoms. The SMILES string of the molecule is CCCCCCCCCCC/C=C/C(C)C. The lowest BCUT2D eigenvalue weighted by Crippen LogP contribution is -1.81. The second-order valence-electron chi connectivity index (χ2n) is 5.29. The molecule has 0 unspecified atom stereocenters. The van der Waals surface area contributed by atoms with Crippen molar-refractivity contribution in [1.29, 1.82) is 0 Å². The Balaban J connectivity index is 2.99. The van der Waals surface area contributed by atoms with Gasteiger partial charge >= 0.3 is 0 Å². The van der Waals surface area contributed by atoms with Gasteiger partial charge in [-0.15, -0.1) is 0 Å². The summed E-state index contributed by atoms with van der Waals surface area (Å²) in [6.07, 6.45) is 18.8. The van der Waals surface area contributed by atoms with Gasteiger partial charge in [-0.05, 0) is 18.8 Å². The zero-order valence-corrected chi connectivity index (χ0v) is 11.8. The standard InChI is InChI=1S/C16H32/c1-4-5-6-7-8-9-10-11-12-13-14-15-16(2)3/h14-16H,4-13H2,1-3H3/b15-14+. The molecule has 0 aromatic heterocycles. The molecule has 0 aromatic carbocycles. The molecule has 0 aromatic rings. The summed E-state index contributed by atoms with van der Waals surface area (Å²) in [6, 6.07) is 0. The molecule has 0 bridgehead atoms. The molecule has 0 spiro atoms. The second-order valence-corrected chi connectivity index (χ2v) is 5.29. The Hall–Kier alpha value is -0.260. The molecule has 0 aliphatic carbocycles. The van der Waals surface area contributed by atoms with Crippen molar-refractivity contribution in [3.63, 3.8) is 0 Å². The highest BCUT2D eigenvalue weighted by molar-refractivity contribution is 4.83. The monoisotopic (exact) mass is 224 g/mol. The molecule has 0 saturated carbocycles. The maximum absolute atomic E-state index is 2.35. The van der Waals surface area contributed by atoms with Gasteiger partial charge in [0, 0.05) is 0 Å². The third-order valence-corrected chi connectivity index (χ3v) is 3.00. The van der Waals surface area contributed by atoms with Crippen molar-refractivity contribution in [1.82, 2.24) is 0 Å². The smallest absolute Gasteiger partial charge is 0.0290 e. The van der Waals surface area contributed by atoms with E-state index in [1.807, 2.05) is 0 Å². The zero-order valence-electron chi connectivity index (χ0n) is 11.8. The topological polar surface area (TPSA) is 0 Å². The molecule has 0 atom stereocenters.